The molecule has 0 radical (unpaired) electrons. The Morgan fingerprint density at radius 2 is 1.68 bits per heavy atom. The summed E-state index contributed by atoms with van der Waals surface area (Å²) >= 11 is 0. The molecule has 5 aromatic rings. The maximum absolute atomic E-state index is 13.9. The van der Waals surface area contributed by atoms with Crippen LogP contribution >= 0.6 is 0 Å². The summed E-state index contributed by atoms with van der Waals surface area (Å²) in [5.41, 5.74) is 4.67. The number of nitrogens with zero attached hydrogens (tertiary/aromatic N) is 7. The van der Waals surface area contributed by atoms with Crippen molar-refractivity contribution in [2.75, 3.05) is 0 Å². The first-order chi connectivity index (χ1) is 20.1. The van der Waals surface area contributed by atoms with E-state index in [-0.39, 0.29) is 11.2 Å². The minimum Gasteiger partial charge on any atom is -0.318 e. The number of tetrazole rings is 1. The van der Waals surface area contributed by atoms with Crippen molar-refractivity contribution in [3.05, 3.63) is 80.8 Å². The highest BCUT2D eigenvalue weighted by Gasteiger charge is 2.27. The van der Waals surface area contributed by atoms with Crippen LogP contribution in [0.4, 0.5) is 0 Å². The Morgan fingerprint density at radius 3 is 2.37 bits per heavy atom. The molecule has 0 atom stereocenters. The average Bonchev–Trinajstić information content (AvgIpc) is 3.51. The van der Waals surface area contributed by atoms with Crippen molar-refractivity contribution in [1.29, 1.82) is 0 Å². The fraction of sp³-hybridized carbons (Fsp3) is 0.419. The van der Waals surface area contributed by atoms with Crippen molar-refractivity contribution in [2.24, 2.45) is 5.92 Å². The van der Waals surface area contributed by atoms with Crippen LogP contribution in [-0.4, -0.2) is 39.3 Å². The van der Waals surface area contributed by atoms with Gasteiger partial charge in [0.15, 0.2) is 17.0 Å². The molecule has 1 saturated carbocycles. The molecule has 1 aliphatic carbocycles. The molecule has 1 fully saturated rings. The number of rotatable bonds is 12. The molecule has 0 unspecified atom stereocenters. The molecule has 212 valence electrons. The van der Waals surface area contributed by atoms with Gasteiger partial charge < -0.3 is 4.57 Å². The van der Waals surface area contributed by atoms with Crippen LogP contribution in [0.25, 0.3) is 33.7 Å². The topological polar surface area (TPSA) is 116 Å². The normalized spacial score (nSPS) is 13.3. The molecule has 41 heavy (non-hydrogen) atoms. The zero-order valence-electron chi connectivity index (χ0n) is 23.7. The number of aromatic amines is 1. The highest BCUT2D eigenvalue weighted by atomic mass is 16.2. The second-order valence-corrected chi connectivity index (χ2v) is 11.0. The van der Waals surface area contributed by atoms with E-state index in [4.69, 9.17) is 4.98 Å². The molecule has 0 bridgehead atoms. The quantitative estimate of drug-likeness (QED) is 0.222. The fourth-order valence-electron chi connectivity index (χ4n) is 5.56. The number of benzene rings is 2. The van der Waals surface area contributed by atoms with Crippen LogP contribution in [-0.2, 0) is 26.1 Å². The molecular formula is C31H36N8O2. The van der Waals surface area contributed by atoms with E-state index < -0.39 is 0 Å². The van der Waals surface area contributed by atoms with E-state index in [0.717, 1.165) is 73.0 Å². The van der Waals surface area contributed by atoms with E-state index in [0.29, 0.717) is 42.5 Å². The Bertz CT molecular complexity index is 1760. The van der Waals surface area contributed by atoms with Gasteiger partial charge in [-0.05, 0) is 58.7 Å². The molecule has 6 rings (SSSR count). The maximum atomic E-state index is 13.9. The van der Waals surface area contributed by atoms with Crippen molar-refractivity contribution in [3.63, 3.8) is 0 Å². The highest BCUT2D eigenvalue weighted by Crippen LogP contribution is 2.31. The molecule has 10 nitrogen and oxygen atoms in total. The average molecular weight is 553 g/mol. The molecule has 3 aromatic heterocycles. The fourth-order valence-corrected chi connectivity index (χ4v) is 5.56. The lowest BCUT2D eigenvalue weighted by Crippen LogP contribution is -2.41. The minimum atomic E-state index is -0.231. The van der Waals surface area contributed by atoms with Crippen molar-refractivity contribution in [3.8, 4) is 22.5 Å². The standard InChI is InChI=1S/C31H36N8O2/c1-3-5-6-11-26-32-29-27(30(40)39(20-21-12-13-21)31(41)37(29)18-4-2)38(26)19-22-14-16-23(17-15-22)24-9-7-8-10-25(24)28-33-35-36-34-28/h7-10,14-17,21H,3-6,11-13,18-20H2,1-2H3,(H,33,34,35,36). The van der Waals surface area contributed by atoms with Crippen molar-refractivity contribution >= 4 is 11.2 Å². The second-order valence-electron chi connectivity index (χ2n) is 11.0. The van der Waals surface area contributed by atoms with Crippen molar-refractivity contribution in [1.82, 2.24) is 39.3 Å². The predicted molar refractivity (Wildman–Crippen MR) is 159 cm³/mol. The zero-order valence-corrected chi connectivity index (χ0v) is 23.7. The summed E-state index contributed by atoms with van der Waals surface area (Å²) in [6.45, 7) is 5.77. The highest BCUT2D eigenvalue weighted by molar-refractivity contribution is 5.80. The van der Waals surface area contributed by atoms with Gasteiger partial charge in [0.25, 0.3) is 5.56 Å². The van der Waals surface area contributed by atoms with E-state index in [1.54, 1.807) is 4.57 Å². The zero-order chi connectivity index (χ0) is 28.3. The lowest BCUT2D eigenvalue weighted by Gasteiger charge is -2.13. The molecule has 0 aliphatic heterocycles. The first-order valence-corrected chi connectivity index (χ1v) is 14.7. The molecule has 1 aliphatic rings. The lowest BCUT2D eigenvalue weighted by atomic mass is 9.98. The number of nitrogens with one attached hydrogen (secondary N) is 1. The first kappa shape index (κ1) is 26.9. The SMILES string of the molecule is CCCCCc1nc2c(c(=O)n(CC3CC3)c(=O)n2CCC)n1Cc1ccc(-c2ccccc2-c2nnn[nH]2)cc1. The van der Waals surface area contributed by atoms with Gasteiger partial charge in [0.2, 0.25) is 0 Å². The Kier molecular flexibility index (Phi) is 7.63. The lowest BCUT2D eigenvalue weighted by molar-refractivity contribution is 0.531. The predicted octanol–water partition coefficient (Wildman–Crippen LogP) is 4.81. The molecular weight excluding hydrogens is 516 g/mol. The van der Waals surface area contributed by atoms with Crippen LogP contribution in [0.1, 0.15) is 63.8 Å². The van der Waals surface area contributed by atoms with Gasteiger partial charge in [-0.15, -0.1) is 5.10 Å². The summed E-state index contributed by atoms with van der Waals surface area (Å²) in [6, 6.07) is 16.4. The number of imidazole rings is 1. The summed E-state index contributed by atoms with van der Waals surface area (Å²) in [5, 5.41) is 14.4. The van der Waals surface area contributed by atoms with E-state index >= 15 is 0 Å². The number of H-pyrrole nitrogens is 1. The van der Waals surface area contributed by atoms with Crippen LogP contribution in [0.2, 0.25) is 0 Å². The molecule has 0 saturated heterocycles. The summed E-state index contributed by atoms with van der Waals surface area (Å²) in [5.74, 6) is 1.90. The van der Waals surface area contributed by atoms with Gasteiger partial charge in [-0.3, -0.25) is 13.9 Å². The first-order valence-electron chi connectivity index (χ1n) is 14.7. The molecule has 10 heteroatoms. The number of aromatic nitrogens is 8. The number of hydrogen-bond donors (Lipinski definition) is 1. The molecule has 3 heterocycles. The van der Waals surface area contributed by atoms with E-state index in [2.05, 4.69) is 62.4 Å². The molecule has 1 N–H and O–H groups in total. The Hall–Kier alpha value is -4.34. The third kappa shape index (κ3) is 5.38. The Morgan fingerprint density at radius 1 is 0.902 bits per heavy atom. The van der Waals surface area contributed by atoms with E-state index in [1.165, 1.54) is 4.57 Å². The minimum absolute atomic E-state index is 0.218. The summed E-state index contributed by atoms with van der Waals surface area (Å²) < 4.78 is 5.24. The maximum Gasteiger partial charge on any atom is 0.332 e. The number of fused-ring (bicyclic) bond motifs is 1. The summed E-state index contributed by atoms with van der Waals surface area (Å²) in [7, 11) is 0. The summed E-state index contributed by atoms with van der Waals surface area (Å²) in [4.78, 5) is 32.3. The molecule has 0 spiro atoms. The second kappa shape index (κ2) is 11.6. The van der Waals surface area contributed by atoms with Gasteiger partial charge in [0, 0.05) is 31.6 Å². The van der Waals surface area contributed by atoms with Crippen LogP contribution in [0, 0.1) is 5.92 Å². The largest absolute Gasteiger partial charge is 0.332 e. The van der Waals surface area contributed by atoms with Gasteiger partial charge in [-0.2, -0.15) is 0 Å². The van der Waals surface area contributed by atoms with E-state index in [1.807, 2.05) is 25.1 Å². The van der Waals surface area contributed by atoms with Crippen molar-refractivity contribution < 1.29 is 0 Å². The Labute approximate surface area is 238 Å². The summed E-state index contributed by atoms with van der Waals surface area (Å²) in [6.07, 6.45) is 6.88. The van der Waals surface area contributed by atoms with Gasteiger partial charge in [0.05, 0.1) is 0 Å². The van der Waals surface area contributed by atoms with Crippen LogP contribution in [0.3, 0.4) is 0 Å². The van der Waals surface area contributed by atoms with Gasteiger partial charge in [0.1, 0.15) is 5.82 Å². The van der Waals surface area contributed by atoms with Crippen LogP contribution < -0.4 is 11.2 Å². The van der Waals surface area contributed by atoms with Gasteiger partial charge in [-0.25, -0.2) is 14.9 Å². The van der Waals surface area contributed by atoms with Crippen LogP contribution in [0.5, 0.6) is 0 Å². The molecule has 0 amide bonds. The van der Waals surface area contributed by atoms with Gasteiger partial charge >= 0.3 is 5.69 Å². The third-order valence-corrected chi connectivity index (χ3v) is 7.92. The van der Waals surface area contributed by atoms with E-state index in [9.17, 15) is 9.59 Å². The molecule has 2 aromatic carbocycles. The monoisotopic (exact) mass is 552 g/mol. The Balaban J connectivity index is 1.42. The third-order valence-electron chi connectivity index (χ3n) is 7.92. The number of aryl methyl sites for hydroxylation is 2. The number of hydrogen-bond acceptors (Lipinski definition) is 6. The van der Waals surface area contributed by atoms with Crippen LogP contribution in [0.15, 0.2) is 58.1 Å². The smallest absolute Gasteiger partial charge is 0.318 e. The van der Waals surface area contributed by atoms with Crippen molar-refractivity contribution in [2.45, 2.75) is 78.4 Å². The van der Waals surface area contributed by atoms with Gasteiger partial charge in [-0.1, -0.05) is 75.2 Å². The number of unbranched alkanes of at least 4 members (excludes halogenated alkanes) is 2.